The van der Waals surface area contributed by atoms with Gasteiger partial charge in [-0.05, 0) is 0 Å². The van der Waals surface area contributed by atoms with Crippen LogP contribution in [0.3, 0.4) is 0 Å². The third-order valence-electron chi connectivity index (χ3n) is 0.600. The molecule has 0 amide bonds. The van der Waals surface area contributed by atoms with Crippen LogP contribution in [-0.2, 0) is 0 Å². The van der Waals surface area contributed by atoms with Crippen molar-refractivity contribution in [2.75, 3.05) is 0 Å². The van der Waals surface area contributed by atoms with E-state index >= 15 is 0 Å². The lowest BCUT2D eigenvalue weighted by atomic mass is 10.9. The summed E-state index contributed by atoms with van der Waals surface area (Å²) >= 11 is 0. The molecule has 0 bridgehead atoms. The Balaban J connectivity index is 3.28. The van der Waals surface area contributed by atoms with Crippen LogP contribution in [0, 0.1) is 5.21 Å². The maximum Gasteiger partial charge on any atom is 0.395 e. The first-order valence-electron chi connectivity index (χ1n) is 1.93. The highest BCUT2D eigenvalue weighted by Gasteiger charge is 1.84. The Hall–Kier alpha value is -1.39. The Morgan fingerprint density at radius 1 is 1.88 bits per heavy atom. The fourth-order valence-corrected chi connectivity index (χ4v) is 0.322. The number of nitrogens with one attached hydrogen (secondary N) is 1. The minimum absolute atomic E-state index is 0.287. The van der Waals surface area contributed by atoms with E-state index in [4.69, 9.17) is 0 Å². The van der Waals surface area contributed by atoms with Crippen molar-refractivity contribution in [2.24, 2.45) is 0 Å². The molecule has 1 aromatic rings. The second kappa shape index (κ2) is 1.61. The Kier molecular flexibility index (Phi) is 0.957. The summed E-state index contributed by atoms with van der Waals surface area (Å²) in [4.78, 5) is 13.6. The van der Waals surface area contributed by atoms with E-state index in [0.29, 0.717) is 0 Å². The van der Waals surface area contributed by atoms with Gasteiger partial charge in [-0.15, -0.1) is 0 Å². The summed E-state index contributed by atoms with van der Waals surface area (Å²) in [6, 6.07) is 0. The summed E-state index contributed by atoms with van der Waals surface area (Å²) in [7, 11) is 0. The monoisotopic (exact) mass is 113 g/mol. The van der Waals surface area contributed by atoms with Crippen molar-refractivity contribution in [1.82, 2.24) is 10.1 Å². The first-order chi connectivity index (χ1) is 3.79. The zero-order chi connectivity index (χ0) is 5.98. The SMILES string of the molecule is O=c1ncc[n+]([O-])[nH]1. The molecule has 1 N–H and O–H groups in total. The number of hydrogen-bond acceptors (Lipinski definition) is 3. The van der Waals surface area contributed by atoms with E-state index in [0.717, 1.165) is 12.4 Å². The molecule has 0 aliphatic heterocycles. The van der Waals surface area contributed by atoms with E-state index in [1.807, 2.05) is 5.10 Å². The number of nitrogens with zero attached hydrogens (tertiary/aromatic N) is 2. The van der Waals surface area contributed by atoms with Gasteiger partial charge in [-0.25, -0.2) is 4.79 Å². The van der Waals surface area contributed by atoms with Crippen molar-refractivity contribution >= 4 is 0 Å². The summed E-state index contributed by atoms with van der Waals surface area (Å²) in [6.45, 7) is 0. The third-order valence-corrected chi connectivity index (χ3v) is 0.600. The van der Waals surface area contributed by atoms with Crippen LogP contribution in [-0.4, -0.2) is 10.1 Å². The second-order valence-corrected chi connectivity index (χ2v) is 1.17. The molecule has 42 valence electrons. The number of H-pyrrole nitrogens is 1. The quantitative estimate of drug-likeness (QED) is 0.325. The average molecular weight is 113 g/mol. The summed E-state index contributed by atoms with van der Waals surface area (Å²) in [5.74, 6) is 0. The molecule has 0 fully saturated rings. The van der Waals surface area contributed by atoms with Crippen molar-refractivity contribution in [3.63, 3.8) is 0 Å². The molecule has 0 atom stereocenters. The van der Waals surface area contributed by atoms with Crippen molar-refractivity contribution in [2.45, 2.75) is 0 Å². The molecular weight excluding hydrogens is 110 g/mol. The fraction of sp³-hybridized carbons (Fsp3) is 0. The topological polar surface area (TPSA) is 72.7 Å². The molecule has 0 aromatic carbocycles. The zero-order valence-electron chi connectivity index (χ0n) is 3.87. The van der Waals surface area contributed by atoms with Gasteiger partial charge in [-0.3, -0.25) is 0 Å². The standard InChI is InChI=1S/C3H3N3O2/c7-3-4-1-2-6(8)5-3/h1-2H,(H,4,5,7). The molecule has 0 aliphatic carbocycles. The molecule has 1 heterocycles. The molecule has 1 aromatic heterocycles. The van der Waals surface area contributed by atoms with Gasteiger partial charge >= 0.3 is 5.69 Å². The van der Waals surface area contributed by atoms with Crippen LogP contribution in [0.1, 0.15) is 0 Å². The number of hydrogen-bond donors (Lipinski definition) is 1. The van der Waals surface area contributed by atoms with Crippen LogP contribution in [0.2, 0.25) is 0 Å². The maximum absolute atomic E-state index is 10.1. The number of rotatable bonds is 0. The van der Waals surface area contributed by atoms with Crippen LogP contribution in [0.25, 0.3) is 0 Å². The Labute approximate surface area is 44.2 Å². The van der Waals surface area contributed by atoms with Crippen LogP contribution in [0.4, 0.5) is 0 Å². The van der Waals surface area contributed by atoms with Crippen LogP contribution in [0.5, 0.6) is 0 Å². The lowest BCUT2D eigenvalue weighted by Gasteiger charge is -1.86. The molecule has 0 spiro atoms. The number of aromatic amines is 1. The first-order valence-corrected chi connectivity index (χ1v) is 1.93. The van der Waals surface area contributed by atoms with Crippen LogP contribution >= 0.6 is 0 Å². The largest absolute Gasteiger partial charge is 0.596 e. The average Bonchev–Trinajstić information content (AvgIpc) is 1.64. The highest BCUT2D eigenvalue weighted by Crippen LogP contribution is 1.51. The normalized spacial score (nSPS) is 9.00. The van der Waals surface area contributed by atoms with E-state index in [1.165, 1.54) is 0 Å². The van der Waals surface area contributed by atoms with Crippen LogP contribution in [0.15, 0.2) is 17.2 Å². The molecule has 1 rings (SSSR count). The minimum Gasteiger partial charge on any atom is -0.596 e. The highest BCUT2D eigenvalue weighted by molar-refractivity contribution is 4.55. The van der Waals surface area contributed by atoms with Gasteiger partial charge < -0.3 is 5.21 Å². The van der Waals surface area contributed by atoms with Gasteiger partial charge in [0.25, 0.3) is 0 Å². The predicted octanol–water partition coefficient (Wildman–Crippen LogP) is -1.60. The van der Waals surface area contributed by atoms with Gasteiger partial charge in [-0.1, -0.05) is 9.94 Å². The first kappa shape index (κ1) is 4.76. The molecule has 8 heavy (non-hydrogen) atoms. The lowest BCUT2D eigenvalue weighted by Crippen LogP contribution is -2.37. The van der Waals surface area contributed by atoms with Gasteiger partial charge in [0.05, 0.1) is 0 Å². The van der Waals surface area contributed by atoms with Crippen molar-refractivity contribution in [1.29, 1.82) is 0 Å². The van der Waals surface area contributed by atoms with Crippen molar-refractivity contribution in [3.8, 4) is 0 Å². The minimum atomic E-state index is -0.637. The molecule has 0 saturated carbocycles. The van der Waals surface area contributed by atoms with E-state index in [2.05, 4.69) is 4.98 Å². The van der Waals surface area contributed by atoms with Crippen LogP contribution < -0.4 is 10.5 Å². The molecule has 0 radical (unpaired) electrons. The number of aromatic nitrogens is 3. The van der Waals surface area contributed by atoms with Gasteiger partial charge in [0.2, 0.25) is 6.20 Å². The highest BCUT2D eigenvalue weighted by atomic mass is 16.5. The molecular formula is C3H3N3O2. The zero-order valence-corrected chi connectivity index (χ0v) is 3.87. The van der Waals surface area contributed by atoms with E-state index in [-0.39, 0.29) is 4.85 Å². The summed E-state index contributed by atoms with van der Waals surface area (Å²) in [5, 5.41) is 12.0. The van der Waals surface area contributed by atoms with Crippen molar-refractivity contribution < 1.29 is 4.85 Å². The summed E-state index contributed by atoms with van der Waals surface area (Å²) in [6.07, 6.45) is 2.23. The fourth-order valence-electron chi connectivity index (χ4n) is 0.322. The maximum atomic E-state index is 10.1. The molecule has 0 unspecified atom stereocenters. The Morgan fingerprint density at radius 3 is 3.00 bits per heavy atom. The van der Waals surface area contributed by atoms with Gasteiger partial charge in [0.1, 0.15) is 6.20 Å². The molecule has 0 saturated heterocycles. The Bertz CT molecular complexity index is 230. The molecule has 0 aliphatic rings. The smallest absolute Gasteiger partial charge is 0.395 e. The molecule has 5 heteroatoms. The van der Waals surface area contributed by atoms with Gasteiger partial charge in [-0.2, -0.15) is 4.98 Å². The van der Waals surface area contributed by atoms with Crippen molar-refractivity contribution in [3.05, 3.63) is 28.1 Å². The molecule has 5 nitrogen and oxygen atoms in total. The summed E-state index contributed by atoms with van der Waals surface area (Å²) < 4.78 is 0. The lowest BCUT2D eigenvalue weighted by molar-refractivity contribution is -0.671. The predicted molar refractivity (Wildman–Crippen MR) is 23.8 cm³/mol. The van der Waals surface area contributed by atoms with E-state index in [1.54, 1.807) is 0 Å². The van der Waals surface area contributed by atoms with Gasteiger partial charge in [0.15, 0.2) is 0 Å². The summed E-state index contributed by atoms with van der Waals surface area (Å²) in [5.41, 5.74) is -0.637. The van der Waals surface area contributed by atoms with E-state index in [9.17, 15) is 10.0 Å². The second-order valence-electron chi connectivity index (χ2n) is 1.17. The third kappa shape index (κ3) is 0.810. The van der Waals surface area contributed by atoms with Gasteiger partial charge in [0, 0.05) is 0 Å². The Morgan fingerprint density at radius 2 is 2.62 bits per heavy atom. The van der Waals surface area contributed by atoms with E-state index < -0.39 is 5.69 Å².